The molecule has 0 unspecified atom stereocenters. The van der Waals surface area contributed by atoms with Gasteiger partial charge in [0.25, 0.3) is 5.91 Å². The van der Waals surface area contributed by atoms with E-state index in [0.29, 0.717) is 18.7 Å². The molecule has 114 valence electrons. The van der Waals surface area contributed by atoms with Gasteiger partial charge >= 0.3 is 0 Å². The van der Waals surface area contributed by atoms with Gasteiger partial charge in [0.05, 0.1) is 0 Å². The Bertz CT molecular complexity index is 516. The SMILES string of the molecule is CNCCc1ccccc1C(=O)N1CCCN(C)C(=O)C1. The standard InChI is InChI=1S/C16H23N3O2/c1-17-9-8-13-6-3-4-7-14(13)16(21)19-11-5-10-18(2)15(20)12-19/h3-4,6-7,17H,5,8-12H2,1-2H3. The quantitative estimate of drug-likeness (QED) is 0.890. The number of benzene rings is 1. The lowest BCUT2D eigenvalue weighted by Crippen LogP contribution is -2.38. The minimum Gasteiger partial charge on any atom is -0.344 e. The highest BCUT2D eigenvalue weighted by molar-refractivity contribution is 5.97. The van der Waals surface area contributed by atoms with E-state index in [0.717, 1.165) is 24.9 Å². The number of carbonyl (C=O) groups excluding carboxylic acids is 2. The Hall–Kier alpha value is -1.88. The maximum atomic E-state index is 12.7. The average molecular weight is 289 g/mol. The molecule has 0 bridgehead atoms. The molecule has 2 amide bonds. The highest BCUT2D eigenvalue weighted by Gasteiger charge is 2.24. The van der Waals surface area contributed by atoms with Crippen LogP contribution in [0.2, 0.25) is 0 Å². The van der Waals surface area contributed by atoms with E-state index in [1.165, 1.54) is 0 Å². The first-order valence-electron chi connectivity index (χ1n) is 7.39. The molecular weight excluding hydrogens is 266 g/mol. The van der Waals surface area contributed by atoms with Crippen LogP contribution in [0.15, 0.2) is 24.3 Å². The Balaban J connectivity index is 2.17. The Morgan fingerprint density at radius 2 is 2.05 bits per heavy atom. The molecule has 1 heterocycles. The molecule has 1 aliphatic rings. The lowest BCUT2D eigenvalue weighted by molar-refractivity contribution is -0.129. The molecule has 1 fully saturated rings. The molecule has 0 aromatic heterocycles. The van der Waals surface area contributed by atoms with Gasteiger partial charge in [-0.25, -0.2) is 0 Å². The van der Waals surface area contributed by atoms with Gasteiger partial charge in [-0.1, -0.05) is 18.2 Å². The van der Waals surface area contributed by atoms with Crippen LogP contribution >= 0.6 is 0 Å². The predicted molar refractivity (Wildman–Crippen MR) is 82.2 cm³/mol. The zero-order valence-electron chi connectivity index (χ0n) is 12.8. The van der Waals surface area contributed by atoms with E-state index < -0.39 is 0 Å². The zero-order chi connectivity index (χ0) is 15.2. The summed E-state index contributed by atoms with van der Waals surface area (Å²) in [5, 5.41) is 3.10. The molecule has 0 radical (unpaired) electrons. The van der Waals surface area contributed by atoms with E-state index in [4.69, 9.17) is 0 Å². The first kappa shape index (κ1) is 15.5. The molecule has 2 rings (SSSR count). The summed E-state index contributed by atoms with van der Waals surface area (Å²) in [6.45, 7) is 2.35. The molecular formula is C16H23N3O2. The van der Waals surface area contributed by atoms with Crippen molar-refractivity contribution >= 4 is 11.8 Å². The molecule has 1 aromatic rings. The second-order valence-corrected chi connectivity index (χ2v) is 5.41. The topological polar surface area (TPSA) is 52.7 Å². The molecule has 0 aliphatic carbocycles. The molecule has 21 heavy (non-hydrogen) atoms. The molecule has 0 spiro atoms. The second kappa shape index (κ2) is 7.22. The Labute approximate surface area is 125 Å². The van der Waals surface area contributed by atoms with Gasteiger partial charge in [0.1, 0.15) is 6.54 Å². The van der Waals surface area contributed by atoms with Crippen LogP contribution in [0.25, 0.3) is 0 Å². The summed E-state index contributed by atoms with van der Waals surface area (Å²) in [7, 11) is 3.69. The lowest BCUT2D eigenvalue weighted by atomic mass is 10.0. The fourth-order valence-corrected chi connectivity index (χ4v) is 2.54. The minimum absolute atomic E-state index is 0.00792. The van der Waals surface area contributed by atoms with E-state index in [-0.39, 0.29) is 18.4 Å². The maximum absolute atomic E-state index is 12.7. The summed E-state index contributed by atoms with van der Waals surface area (Å²) >= 11 is 0. The third-order valence-electron chi connectivity index (χ3n) is 3.85. The number of carbonyl (C=O) groups is 2. The Kier molecular flexibility index (Phi) is 5.33. The van der Waals surface area contributed by atoms with Crippen LogP contribution in [-0.2, 0) is 11.2 Å². The zero-order valence-corrected chi connectivity index (χ0v) is 12.8. The van der Waals surface area contributed by atoms with Crippen LogP contribution < -0.4 is 5.32 Å². The minimum atomic E-state index is -0.0367. The third kappa shape index (κ3) is 3.82. The summed E-state index contributed by atoms with van der Waals surface area (Å²) in [4.78, 5) is 28.0. The van der Waals surface area contributed by atoms with Gasteiger partial charge in [-0.05, 0) is 38.1 Å². The van der Waals surface area contributed by atoms with Crippen LogP contribution in [-0.4, -0.2) is 61.9 Å². The van der Waals surface area contributed by atoms with Crippen molar-refractivity contribution in [3.63, 3.8) is 0 Å². The number of hydrogen-bond donors (Lipinski definition) is 1. The molecule has 0 atom stereocenters. The van der Waals surface area contributed by atoms with E-state index in [9.17, 15) is 9.59 Å². The lowest BCUT2D eigenvalue weighted by Gasteiger charge is -2.21. The summed E-state index contributed by atoms with van der Waals surface area (Å²) in [6, 6.07) is 7.66. The van der Waals surface area contributed by atoms with Crippen molar-refractivity contribution in [2.24, 2.45) is 0 Å². The van der Waals surface area contributed by atoms with Gasteiger partial charge in [0, 0.05) is 25.7 Å². The number of nitrogens with zero attached hydrogens (tertiary/aromatic N) is 2. The van der Waals surface area contributed by atoms with Crippen LogP contribution in [0.1, 0.15) is 22.3 Å². The molecule has 5 heteroatoms. The molecule has 5 nitrogen and oxygen atoms in total. The highest BCUT2D eigenvalue weighted by atomic mass is 16.2. The molecule has 1 aliphatic heterocycles. The van der Waals surface area contributed by atoms with Crippen molar-refractivity contribution in [3.8, 4) is 0 Å². The number of nitrogens with one attached hydrogen (secondary N) is 1. The molecule has 1 N–H and O–H groups in total. The third-order valence-corrected chi connectivity index (χ3v) is 3.85. The largest absolute Gasteiger partial charge is 0.344 e. The summed E-state index contributed by atoms with van der Waals surface area (Å²) in [6.07, 6.45) is 1.63. The van der Waals surface area contributed by atoms with Crippen molar-refractivity contribution in [2.75, 3.05) is 40.3 Å². The predicted octanol–water partition coefficient (Wildman–Crippen LogP) is 0.753. The van der Waals surface area contributed by atoms with Gasteiger partial charge in [-0.2, -0.15) is 0 Å². The van der Waals surface area contributed by atoms with Gasteiger partial charge < -0.3 is 15.1 Å². The average Bonchev–Trinajstić information content (AvgIpc) is 2.67. The van der Waals surface area contributed by atoms with Crippen LogP contribution in [0.3, 0.4) is 0 Å². The van der Waals surface area contributed by atoms with E-state index in [2.05, 4.69) is 5.32 Å². The summed E-state index contributed by atoms with van der Waals surface area (Å²) in [5.74, 6) is -0.0288. The first-order valence-corrected chi connectivity index (χ1v) is 7.39. The Morgan fingerprint density at radius 1 is 1.29 bits per heavy atom. The van der Waals surface area contributed by atoms with E-state index in [1.807, 2.05) is 31.3 Å². The van der Waals surface area contributed by atoms with Crippen molar-refractivity contribution < 1.29 is 9.59 Å². The fraction of sp³-hybridized carbons (Fsp3) is 0.500. The second-order valence-electron chi connectivity index (χ2n) is 5.41. The summed E-state index contributed by atoms with van der Waals surface area (Å²) < 4.78 is 0. The number of rotatable bonds is 4. The highest BCUT2D eigenvalue weighted by Crippen LogP contribution is 2.14. The number of hydrogen-bond acceptors (Lipinski definition) is 3. The molecule has 0 saturated carbocycles. The molecule has 1 aromatic carbocycles. The monoisotopic (exact) mass is 289 g/mol. The Morgan fingerprint density at radius 3 is 2.81 bits per heavy atom. The first-order chi connectivity index (χ1) is 10.1. The van der Waals surface area contributed by atoms with Gasteiger partial charge in [0.15, 0.2) is 0 Å². The van der Waals surface area contributed by atoms with Crippen molar-refractivity contribution in [2.45, 2.75) is 12.8 Å². The summed E-state index contributed by atoms with van der Waals surface area (Å²) in [5.41, 5.74) is 1.74. The normalized spacial score (nSPS) is 16.0. The molecule has 1 saturated heterocycles. The van der Waals surface area contributed by atoms with Gasteiger partial charge in [-0.3, -0.25) is 9.59 Å². The van der Waals surface area contributed by atoms with Crippen molar-refractivity contribution in [1.82, 2.24) is 15.1 Å². The smallest absolute Gasteiger partial charge is 0.254 e. The van der Waals surface area contributed by atoms with Crippen LogP contribution in [0.5, 0.6) is 0 Å². The van der Waals surface area contributed by atoms with Crippen molar-refractivity contribution in [1.29, 1.82) is 0 Å². The fourth-order valence-electron chi connectivity index (χ4n) is 2.54. The van der Waals surface area contributed by atoms with Gasteiger partial charge in [-0.15, -0.1) is 0 Å². The van der Waals surface area contributed by atoms with Crippen LogP contribution in [0.4, 0.5) is 0 Å². The van der Waals surface area contributed by atoms with Crippen molar-refractivity contribution in [3.05, 3.63) is 35.4 Å². The van der Waals surface area contributed by atoms with E-state index >= 15 is 0 Å². The van der Waals surface area contributed by atoms with Crippen LogP contribution in [0, 0.1) is 0 Å². The number of likely N-dealkylation sites (N-methyl/N-ethyl adjacent to an activating group) is 2. The van der Waals surface area contributed by atoms with E-state index in [1.54, 1.807) is 16.8 Å². The number of amides is 2. The maximum Gasteiger partial charge on any atom is 0.254 e. The van der Waals surface area contributed by atoms with Gasteiger partial charge in [0.2, 0.25) is 5.91 Å².